The van der Waals surface area contributed by atoms with Crippen LogP contribution in [0.2, 0.25) is 0 Å². The summed E-state index contributed by atoms with van der Waals surface area (Å²) in [6, 6.07) is 11.4. The topological polar surface area (TPSA) is 69.6 Å². The monoisotopic (exact) mass is 386 g/mol. The van der Waals surface area contributed by atoms with Gasteiger partial charge in [0.25, 0.3) is 0 Å². The number of ether oxygens (including phenoxy) is 2. The van der Waals surface area contributed by atoms with Crippen LogP contribution in [0.25, 0.3) is 0 Å². The van der Waals surface area contributed by atoms with Crippen LogP contribution in [0.5, 0.6) is 0 Å². The number of aryl methyl sites for hydroxylation is 1. The van der Waals surface area contributed by atoms with Gasteiger partial charge in [-0.15, -0.1) is 0 Å². The molecule has 0 spiro atoms. The number of alkyl carbamates (subject to hydrolysis) is 1. The van der Waals surface area contributed by atoms with Gasteiger partial charge in [0, 0.05) is 30.9 Å². The Bertz CT molecular complexity index is 781. The van der Waals surface area contributed by atoms with E-state index in [0.29, 0.717) is 24.4 Å². The number of hydrogen-bond donors (Lipinski definition) is 1. The number of esters is 1. The third-order valence-electron chi connectivity index (χ3n) is 4.45. The Morgan fingerprint density at radius 1 is 1.18 bits per heavy atom. The van der Waals surface area contributed by atoms with Crippen molar-refractivity contribution >= 4 is 12.1 Å². The Labute approximate surface area is 166 Å². The quantitative estimate of drug-likeness (QED) is 0.662. The van der Waals surface area contributed by atoms with Gasteiger partial charge in [-0.3, -0.25) is 0 Å². The molecule has 1 aromatic heterocycles. The Hall–Kier alpha value is -2.76. The fourth-order valence-corrected chi connectivity index (χ4v) is 3.15. The van der Waals surface area contributed by atoms with Crippen molar-refractivity contribution in [1.29, 1.82) is 0 Å². The van der Waals surface area contributed by atoms with Crippen molar-refractivity contribution < 1.29 is 19.1 Å². The number of nitrogens with one attached hydrogen (secondary N) is 1. The second-order valence-corrected chi connectivity index (χ2v) is 7.08. The molecule has 0 fully saturated rings. The highest BCUT2D eigenvalue weighted by atomic mass is 16.5. The minimum absolute atomic E-state index is 0.226. The number of benzene rings is 1. The molecule has 1 aromatic carbocycles. The van der Waals surface area contributed by atoms with Gasteiger partial charge in [-0.05, 0) is 24.0 Å². The van der Waals surface area contributed by atoms with Crippen LogP contribution in [0, 0.1) is 5.92 Å². The zero-order valence-electron chi connectivity index (χ0n) is 17.2. The summed E-state index contributed by atoms with van der Waals surface area (Å²) in [5.41, 5.74) is 3.49. The molecule has 28 heavy (non-hydrogen) atoms. The molecule has 0 unspecified atom stereocenters. The summed E-state index contributed by atoms with van der Waals surface area (Å²) in [6.45, 7) is 7.76. The van der Waals surface area contributed by atoms with E-state index in [1.54, 1.807) is 0 Å². The Kier molecular flexibility index (Phi) is 8.11. The van der Waals surface area contributed by atoms with Gasteiger partial charge in [-0.1, -0.05) is 51.1 Å². The second-order valence-electron chi connectivity index (χ2n) is 7.08. The van der Waals surface area contributed by atoms with Crippen molar-refractivity contribution in [2.75, 3.05) is 13.7 Å². The molecule has 6 heteroatoms. The molecule has 1 heterocycles. The van der Waals surface area contributed by atoms with Gasteiger partial charge < -0.3 is 19.4 Å². The van der Waals surface area contributed by atoms with Gasteiger partial charge in [0.1, 0.15) is 6.61 Å². The highest BCUT2D eigenvalue weighted by molar-refractivity contribution is 5.91. The molecule has 0 aliphatic carbocycles. The summed E-state index contributed by atoms with van der Waals surface area (Å²) in [5, 5.41) is 2.77. The van der Waals surface area contributed by atoms with E-state index in [0.717, 1.165) is 29.9 Å². The first kappa shape index (κ1) is 21.5. The second kappa shape index (κ2) is 10.5. The van der Waals surface area contributed by atoms with Crippen molar-refractivity contribution in [3.63, 3.8) is 0 Å². The lowest BCUT2D eigenvalue weighted by Crippen LogP contribution is -2.27. The highest BCUT2D eigenvalue weighted by Crippen LogP contribution is 2.20. The van der Waals surface area contributed by atoms with Crippen LogP contribution in [0.15, 0.2) is 36.4 Å². The highest BCUT2D eigenvalue weighted by Gasteiger charge is 2.20. The van der Waals surface area contributed by atoms with E-state index in [9.17, 15) is 9.59 Å². The van der Waals surface area contributed by atoms with Crippen LogP contribution in [0.1, 0.15) is 48.1 Å². The van der Waals surface area contributed by atoms with Gasteiger partial charge in [-0.25, -0.2) is 9.59 Å². The SMILES string of the molecule is CCc1cc(C(=O)OC)c(CCNC(=O)OCc2ccccc2)n1CC(C)C. The lowest BCUT2D eigenvalue weighted by molar-refractivity contribution is 0.0599. The van der Waals surface area contributed by atoms with E-state index >= 15 is 0 Å². The summed E-state index contributed by atoms with van der Waals surface area (Å²) in [4.78, 5) is 24.2. The van der Waals surface area contributed by atoms with Crippen LogP contribution < -0.4 is 5.32 Å². The first-order valence-electron chi connectivity index (χ1n) is 9.70. The summed E-state index contributed by atoms with van der Waals surface area (Å²) < 4.78 is 12.4. The number of amides is 1. The van der Waals surface area contributed by atoms with Crippen LogP contribution in [-0.4, -0.2) is 30.3 Å². The lowest BCUT2D eigenvalue weighted by atomic mass is 10.1. The third-order valence-corrected chi connectivity index (χ3v) is 4.45. The molecule has 0 aliphatic rings. The van der Waals surface area contributed by atoms with E-state index in [4.69, 9.17) is 9.47 Å². The summed E-state index contributed by atoms with van der Waals surface area (Å²) in [7, 11) is 1.39. The molecule has 0 atom stereocenters. The molecule has 0 radical (unpaired) electrons. The van der Waals surface area contributed by atoms with E-state index in [-0.39, 0.29) is 12.6 Å². The standard InChI is InChI=1S/C22H30N2O4/c1-5-18-13-19(21(25)27-4)20(24(18)14-16(2)3)11-12-23-22(26)28-15-17-9-7-6-8-10-17/h6-10,13,16H,5,11-12,14-15H2,1-4H3,(H,23,26). The third kappa shape index (κ3) is 5.87. The first-order chi connectivity index (χ1) is 13.5. The Morgan fingerprint density at radius 3 is 2.50 bits per heavy atom. The molecule has 0 saturated carbocycles. The van der Waals surface area contributed by atoms with E-state index in [1.807, 2.05) is 36.4 Å². The van der Waals surface area contributed by atoms with Gasteiger partial charge in [0.2, 0.25) is 0 Å². The predicted octanol–water partition coefficient (Wildman–Crippen LogP) is 3.96. The van der Waals surface area contributed by atoms with Gasteiger partial charge in [-0.2, -0.15) is 0 Å². The maximum absolute atomic E-state index is 12.2. The number of aromatic nitrogens is 1. The van der Waals surface area contributed by atoms with Crippen molar-refractivity contribution in [3.8, 4) is 0 Å². The van der Waals surface area contributed by atoms with Crippen LogP contribution in [0.3, 0.4) is 0 Å². The van der Waals surface area contributed by atoms with Crippen molar-refractivity contribution in [2.24, 2.45) is 5.92 Å². The number of hydrogen-bond acceptors (Lipinski definition) is 4. The largest absolute Gasteiger partial charge is 0.465 e. The normalized spacial score (nSPS) is 10.8. The number of rotatable bonds is 9. The summed E-state index contributed by atoms with van der Waals surface area (Å²) in [5.74, 6) is 0.0876. The predicted molar refractivity (Wildman–Crippen MR) is 108 cm³/mol. The summed E-state index contributed by atoms with van der Waals surface area (Å²) >= 11 is 0. The van der Waals surface area contributed by atoms with Crippen LogP contribution >= 0.6 is 0 Å². The molecule has 2 rings (SSSR count). The lowest BCUT2D eigenvalue weighted by Gasteiger charge is -2.16. The zero-order valence-corrected chi connectivity index (χ0v) is 17.2. The van der Waals surface area contributed by atoms with Gasteiger partial charge >= 0.3 is 12.1 Å². The van der Waals surface area contributed by atoms with Gasteiger partial charge in [0.15, 0.2) is 0 Å². The van der Waals surface area contributed by atoms with Crippen molar-refractivity contribution in [1.82, 2.24) is 9.88 Å². The molecule has 0 aliphatic heterocycles. The number of nitrogens with zero attached hydrogens (tertiary/aromatic N) is 1. The van der Waals surface area contributed by atoms with E-state index < -0.39 is 6.09 Å². The Morgan fingerprint density at radius 2 is 1.89 bits per heavy atom. The Balaban J connectivity index is 2.02. The molecule has 2 aromatic rings. The van der Waals surface area contributed by atoms with Crippen molar-refractivity contribution in [3.05, 3.63) is 58.9 Å². The average Bonchev–Trinajstić information content (AvgIpc) is 3.03. The van der Waals surface area contributed by atoms with Gasteiger partial charge in [0.05, 0.1) is 12.7 Å². The van der Waals surface area contributed by atoms with Crippen LogP contribution in [-0.2, 0) is 35.5 Å². The minimum Gasteiger partial charge on any atom is -0.465 e. The molecular weight excluding hydrogens is 356 g/mol. The molecule has 6 nitrogen and oxygen atoms in total. The fraction of sp³-hybridized carbons (Fsp3) is 0.455. The maximum Gasteiger partial charge on any atom is 0.407 e. The number of methoxy groups -OCH3 is 1. The zero-order chi connectivity index (χ0) is 20.5. The van der Waals surface area contributed by atoms with E-state index in [2.05, 4.69) is 30.7 Å². The maximum atomic E-state index is 12.2. The fourth-order valence-electron chi connectivity index (χ4n) is 3.15. The smallest absolute Gasteiger partial charge is 0.407 e. The minimum atomic E-state index is -0.471. The molecular formula is C22H30N2O4. The molecule has 0 bridgehead atoms. The van der Waals surface area contributed by atoms with E-state index in [1.165, 1.54) is 7.11 Å². The molecule has 1 N–H and O–H groups in total. The molecule has 1 amide bonds. The van der Waals surface area contributed by atoms with Crippen LogP contribution in [0.4, 0.5) is 4.79 Å². The van der Waals surface area contributed by atoms with Crippen molar-refractivity contribution in [2.45, 2.75) is 46.8 Å². The summed E-state index contributed by atoms with van der Waals surface area (Å²) in [6.07, 6.45) is 0.877. The molecule has 152 valence electrons. The number of carbonyl (C=O) groups is 2. The number of carbonyl (C=O) groups excluding carboxylic acids is 2. The average molecular weight is 386 g/mol. The first-order valence-corrected chi connectivity index (χ1v) is 9.70. The molecule has 0 saturated heterocycles.